The van der Waals surface area contributed by atoms with Gasteiger partial charge >= 0.3 is 0 Å². The first kappa shape index (κ1) is 7.56. The molecule has 0 aliphatic heterocycles. The number of pyridine rings is 1. The highest BCUT2D eigenvalue weighted by Crippen LogP contribution is 2.39. The quantitative estimate of drug-likeness (QED) is 0.324. The monoisotopic (exact) mass is 377 g/mol. The van der Waals surface area contributed by atoms with Crippen molar-refractivity contribution < 1.29 is 23.6 Å². The predicted octanol–water partition coefficient (Wildman–Crippen LogP) is 7.24. The van der Waals surface area contributed by atoms with Crippen molar-refractivity contribution in [1.29, 1.82) is 0 Å². The van der Waals surface area contributed by atoms with E-state index in [0.717, 1.165) is 12.3 Å². The molecule has 0 saturated carbocycles. The summed E-state index contributed by atoms with van der Waals surface area (Å²) in [6.07, 6.45) is 0.982. The fourth-order valence-corrected chi connectivity index (χ4v) is 3.26. The maximum absolute atomic E-state index is 8.39. The molecule has 2 aromatic heterocycles. The van der Waals surface area contributed by atoms with Crippen LogP contribution in [-0.2, 0) is 0 Å². The van der Waals surface area contributed by atoms with Crippen LogP contribution in [0, 0.1) is 20.6 Å². The smallest absolute Gasteiger partial charge is 0.144 e. The third-order valence-corrected chi connectivity index (χ3v) is 4.62. The molecule has 0 radical (unpaired) electrons. The van der Waals surface area contributed by atoms with E-state index in [-0.39, 0.29) is 39.1 Å². The Balaban J connectivity index is 1.86. The minimum absolute atomic E-state index is 0.0834. The van der Waals surface area contributed by atoms with Crippen LogP contribution in [0.2, 0.25) is 0 Å². The van der Waals surface area contributed by atoms with Crippen LogP contribution < -0.4 is 0 Å². The molecule has 0 fully saturated rings. The number of hydrogen-bond acceptors (Lipinski definition) is 2. The number of hydrogen-bond donors (Lipinski definition) is 0. The van der Waals surface area contributed by atoms with E-state index >= 15 is 0 Å². The van der Waals surface area contributed by atoms with Crippen molar-refractivity contribution in [3.63, 3.8) is 0 Å². The van der Waals surface area contributed by atoms with Crippen molar-refractivity contribution in [1.82, 2.24) is 4.98 Å². The predicted molar refractivity (Wildman–Crippen MR) is 117 cm³/mol. The summed E-state index contributed by atoms with van der Waals surface area (Å²) in [5.41, 5.74) is -1.23. The zero-order chi connectivity index (χ0) is 31.1. The lowest BCUT2D eigenvalue weighted by Gasteiger charge is -2.06. The van der Waals surface area contributed by atoms with Gasteiger partial charge in [0.25, 0.3) is 0 Å². The number of rotatable bonds is 2. The maximum Gasteiger partial charge on any atom is 0.144 e. The molecule has 2 heterocycles. The number of aromatic nitrogens is 1. The Kier molecular flexibility index (Phi) is 1.71. The van der Waals surface area contributed by atoms with Gasteiger partial charge in [-0.05, 0) is 61.0 Å². The summed E-state index contributed by atoms with van der Waals surface area (Å²) >= 11 is 0. The number of nitrogens with zero attached hydrogens (tertiary/aromatic N) is 1. The van der Waals surface area contributed by atoms with Gasteiger partial charge in [0.1, 0.15) is 11.2 Å². The van der Waals surface area contributed by atoms with Crippen LogP contribution in [0.5, 0.6) is 0 Å². The zero-order valence-corrected chi connectivity index (χ0v) is 14.4. The van der Waals surface area contributed by atoms with Crippen LogP contribution in [0.25, 0.3) is 44.3 Å². The van der Waals surface area contributed by atoms with E-state index in [1.807, 2.05) is 0 Å². The van der Waals surface area contributed by atoms with Gasteiger partial charge in [0, 0.05) is 40.4 Å². The van der Waals surface area contributed by atoms with Gasteiger partial charge in [-0.1, -0.05) is 48.4 Å². The van der Waals surface area contributed by atoms with Crippen molar-refractivity contribution >= 4 is 21.9 Å². The van der Waals surface area contributed by atoms with E-state index in [9.17, 15) is 0 Å². The molecule has 5 aromatic rings. The second kappa shape index (κ2) is 6.35. The van der Waals surface area contributed by atoms with Crippen LogP contribution in [-0.4, -0.2) is 4.98 Å². The molecule has 2 heteroatoms. The fourth-order valence-electron chi connectivity index (χ4n) is 3.26. The highest BCUT2D eigenvalue weighted by molar-refractivity contribution is 6.11. The Morgan fingerprint density at radius 1 is 0.857 bits per heavy atom. The molecule has 2 nitrogen and oxygen atoms in total. The largest absolute Gasteiger partial charge is 0.455 e. The van der Waals surface area contributed by atoms with Crippen molar-refractivity contribution in [2.24, 2.45) is 0 Å². The van der Waals surface area contributed by atoms with E-state index in [4.69, 9.17) is 23.6 Å². The van der Waals surface area contributed by atoms with Crippen molar-refractivity contribution in [3.8, 4) is 22.4 Å². The first-order valence-corrected chi connectivity index (χ1v) is 8.41. The second-order valence-corrected chi connectivity index (χ2v) is 6.26. The molecule has 0 atom stereocenters. The van der Waals surface area contributed by atoms with Crippen molar-refractivity contribution in [2.75, 3.05) is 0 Å². The third-order valence-electron chi connectivity index (χ3n) is 4.62. The molecule has 0 spiro atoms. The van der Waals surface area contributed by atoms with Gasteiger partial charge in [-0.3, -0.25) is 4.98 Å². The molecule has 3 aromatic carbocycles. The van der Waals surface area contributed by atoms with Gasteiger partial charge in [0.2, 0.25) is 0 Å². The number of fused-ring (bicyclic) bond motifs is 3. The van der Waals surface area contributed by atoms with Gasteiger partial charge in [0.05, 0.1) is 12.5 Å². The van der Waals surface area contributed by atoms with Crippen LogP contribution in [0.15, 0.2) is 77.2 Å². The molecular weight excluding hydrogens is 342 g/mol. The molecule has 0 saturated heterocycles. The molecular formula is C26H21NO. The normalized spacial score (nSPS) is 20.0. The van der Waals surface area contributed by atoms with Gasteiger partial charge in [-0.15, -0.1) is 0 Å². The molecule has 0 aliphatic rings. The molecule has 0 bridgehead atoms. The summed E-state index contributed by atoms with van der Waals surface area (Å²) in [4.78, 5) is 4.21. The lowest BCUT2D eigenvalue weighted by atomic mass is 9.97. The number of aryl methyl sites for hydroxylation is 3. The van der Waals surface area contributed by atoms with Crippen LogP contribution in [0.3, 0.4) is 0 Å². The molecule has 0 unspecified atom stereocenters. The Labute approximate surface area is 184 Å². The Bertz CT molecular complexity index is 1870. The summed E-state index contributed by atoms with van der Waals surface area (Å²) in [5, 5.41) is 0.794. The standard InChI is InChI=1S/C26H21NO/c1-16-14-24(27-15-17(16)2)23-11-7-10-21-22-13-12-20(19-8-5-4-6-9-19)18(3)25(22)28-26(21)23/h4-15H,1-3H3/i1D3,2D3,3D3,4D,5D,6D,8D,9D. The molecule has 28 heavy (non-hydrogen) atoms. The van der Waals surface area contributed by atoms with Crippen LogP contribution >= 0.6 is 0 Å². The van der Waals surface area contributed by atoms with Crippen molar-refractivity contribution in [2.45, 2.75) is 20.6 Å². The molecule has 5 rings (SSSR count). The minimum Gasteiger partial charge on any atom is -0.455 e. The first-order valence-electron chi connectivity index (χ1n) is 15.4. The zero-order valence-electron chi connectivity index (χ0n) is 28.4. The van der Waals surface area contributed by atoms with Gasteiger partial charge in [-0.2, -0.15) is 0 Å². The minimum atomic E-state index is -2.85. The van der Waals surface area contributed by atoms with Crippen LogP contribution in [0.1, 0.15) is 35.9 Å². The number of para-hydroxylation sites is 1. The van der Waals surface area contributed by atoms with E-state index in [2.05, 4.69) is 4.98 Å². The van der Waals surface area contributed by atoms with Gasteiger partial charge < -0.3 is 4.42 Å². The van der Waals surface area contributed by atoms with Crippen molar-refractivity contribution in [3.05, 3.63) is 89.5 Å². The summed E-state index contributed by atoms with van der Waals surface area (Å²) in [6.45, 7) is -8.34. The molecule has 0 aliphatic carbocycles. The average molecular weight is 378 g/mol. The highest BCUT2D eigenvalue weighted by Gasteiger charge is 2.16. The summed E-state index contributed by atoms with van der Waals surface area (Å²) in [7, 11) is 0. The SMILES string of the molecule is [2H]c1c([2H])c([2H])c(-c2ccc3c(oc4c(-c5cc(C([2H])([2H])[2H])c(C([2H])([2H])[2H])cn5)cccc43)c2C([2H])([2H])[2H])c([2H])c1[2H]. The average Bonchev–Trinajstić information content (AvgIpc) is 3.27. The molecule has 136 valence electrons. The maximum atomic E-state index is 8.39. The molecule has 0 amide bonds. The third kappa shape index (κ3) is 2.53. The van der Waals surface area contributed by atoms with E-state index in [1.54, 1.807) is 18.2 Å². The summed E-state index contributed by atoms with van der Waals surface area (Å²) in [6, 6.07) is 5.89. The summed E-state index contributed by atoms with van der Waals surface area (Å²) < 4.78 is 119. The van der Waals surface area contributed by atoms with Crippen LogP contribution in [0.4, 0.5) is 0 Å². The lowest BCUT2D eigenvalue weighted by molar-refractivity contribution is 0.667. The topological polar surface area (TPSA) is 26.0 Å². The van der Waals surface area contributed by atoms with E-state index in [1.165, 1.54) is 12.1 Å². The fraction of sp³-hybridized carbons (Fsp3) is 0.115. The van der Waals surface area contributed by atoms with Gasteiger partial charge in [-0.25, -0.2) is 0 Å². The van der Waals surface area contributed by atoms with E-state index < -0.39 is 61.9 Å². The Morgan fingerprint density at radius 3 is 2.54 bits per heavy atom. The summed E-state index contributed by atoms with van der Waals surface area (Å²) in [5.74, 6) is 0. The van der Waals surface area contributed by atoms with E-state index in [0.29, 0.717) is 10.8 Å². The number of benzene rings is 3. The highest BCUT2D eigenvalue weighted by atomic mass is 16.3. The lowest BCUT2D eigenvalue weighted by Crippen LogP contribution is -1.88. The Morgan fingerprint density at radius 2 is 1.71 bits per heavy atom. The first-order chi connectivity index (χ1) is 19.3. The Hall–Kier alpha value is -3.39. The second-order valence-electron chi connectivity index (χ2n) is 6.26. The number of furan rings is 1. The van der Waals surface area contributed by atoms with Gasteiger partial charge in [0.15, 0.2) is 0 Å². The molecule has 0 N–H and O–H groups in total.